The second-order valence-electron chi connectivity index (χ2n) is 8.16. The molecule has 3 saturated heterocycles. The molecule has 0 aromatic rings. The number of aliphatic hydroxyl groups excluding tert-OH is 1. The number of nitrogens with zero attached hydrogens (tertiary/aromatic N) is 1. The van der Waals surface area contributed by atoms with Crippen LogP contribution in [0.5, 0.6) is 0 Å². The minimum absolute atomic E-state index is 0.00179. The van der Waals surface area contributed by atoms with Gasteiger partial charge < -0.3 is 24.8 Å². The molecule has 0 unspecified atom stereocenters. The molecule has 3 heterocycles. The zero-order valence-electron chi connectivity index (χ0n) is 14.2. The van der Waals surface area contributed by atoms with Crippen LogP contribution in [0, 0.1) is 0 Å². The van der Waals surface area contributed by atoms with Crippen LogP contribution < -0.4 is 5.32 Å². The molecule has 4 rings (SSSR count). The number of hydrogen-bond acceptors (Lipinski definition) is 5. The largest absolute Gasteiger partial charge is 0.471 e. The Hall–Kier alpha value is -1.55. The summed E-state index contributed by atoms with van der Waals surface area (Å²) in [5.74, 6) is -2.04. The van der Waals surface area contributed by atoms with E-state index in [9.17, 15) is 27.9 Å². The van der Waals surface area contributed by atoms with Crippen molar-refractivity contribution in [1.82, 2.24) is 10.2 Å². The summed E-state index contributed by atoms with van der Waals surface area (Å²) < 4.78 is 49.0. The molecule has 1 spiro atoms. The summed E-state index contributed by atoms with van der Waals surface area (Å²) in [5, 5.41) is 11.5. The fraction of sp³-hybridized carbons (Fsp3) is 0.867. The van der Waals surface area contributed by atoms with E-state index in [2.05, 4.69) is 0 Å². The molecule has 1 saturated carbocycles. The average Bonchev–Trinajstić information content (AvgIpc) is 2.79. The van der Waals surface area contributed by atoms with Crippen LogP contribution in [0.2, 0.25) is 0 Å². The molecule has 2 bridgehead atoms. The highest BCUT2D eigenvalue weighted by atomic mass is 19.4. The molecule has 0 radical (unpaired) electrons. The van der Waals surface area contributed by atoms with Gasteiger partial charge in [0, 0.05) is 12.8 Å². The molecule has 0 aromatic carbocycles. The highest BCUT2D eigenvalue weighted by Crippen LogP contribution is 2.63. The first-order chi connectivity index (χ1) is 11.3. The quantitative estimate of drug-likeness (QED) is 0.760. The van der Waals surface area contributed by atoms with Crippen molar-refractivity contribution < 1.29 is 37.3 Å². The normalized spacial score (nSPS) is 32.8. The van der Waals surface area contributed by atoms with Gasteiger partial charge >= 0.3 is 18.2 Å². The number of carbonyl (C=O) groups excluding carboxylic acids is 2. The number of halogens is 3. The van der Waals surface area contributed by atoms with Crippen LogP contribution in [0.3, 0.4) is 0 Å². The second kappa shape index (κ2) is 5.00. The molecule has 3 aliphatic heterocycles. The van der Waals surface area contributed by atoms with Crippen LogP contribution in [-0.4, -0.2) is 70.2 Å². The van der Waals surface area contributed by atoms with E-state index in [-0.39, 0.29) is 32.5 Å². The number of aliphatic hydroxyl groups is 1. The van der Waals surface area contributed by atoms with Crippen LogP contribution in [0.25, 0.3) is 0 Å². The molecule has 2 N–H and O–H groups in total. The molecule has 0 atom stereocenters. The summed E-state index contributed by atoms with van der Waals surface area (Å²) >= 11 is 0. The zero-order valence-corrected chi connectivity index (χ0v) is 14.2. The van der Waals surface area contributed by atoms with Crippen LogP contribution >= 0.6 is 0 Å². The molecule has 142 valence electrons. The number of likely N-dealkylation sites (tertiary alicyclic amines) is 1. The van der Waals surface area contributed by atoms with E-state index < -0.39 is 40.5 Å². The molecule has 25 heavy (non-hydrogen) atoms. The van der Waals surface area contributed by atoms with Crippen molar-refractivity contribution in [3.05, 3.63) is 0 Å². The molecule has 1 aliphatic carbocycles. The first-order valence-corrected chi connectivity index (χ1v) is 7.94. The summed E-state index contributed by atoms with van der Waals surface area (Å²) in [6.45, 7) is 4.76. The van der Waals surface area contributed by atoms with Gasteiger partial charge in [-0.3, -0.25) is 4.79 Å². The van der Waals surface area contributed by atoms with Gasteiger partial charge in [-0.15, -0.1) is 0 Å². The number of carbonyl (C=O) groups is 2. The topological polar surface area (TPSA) is 88.1 Å². The first-order valence-electron chi connectivity index (χ1n) is 7.94. The van der Waals surface area contributed by atoms with E-state index in [0.717, 1.165) is 0 Å². The van der Waals surface area contributed by atoms with Gasteiger partial charge in [-0.2, -0.15) is 13.2 Å². The Morgan fingerprint density at radius 3 is 2.24 bits per heavy atom. The van der Waals surface area contributed by atoms with E-state index in [1.807, 2.05) is 5.32 Å². The minimum atomic E-state index is -5.01. The minimum Gasteiger partial charge on any atom is -0.444 e. The number of rotatable bonds is 2. The Balaban J connectivity index is 1.73. The Kier molecular flexibility index (Phi) is 3.65. The fourth-order valence-corrected chi connectivity index (χ4v) is 3.98. The van der Waals surface area contributed by atoms with Gasteiger partial charge in [0.05, 0.1) is 30.8 Å². The summed E-state index contributed by atoms with van der Waals surface area (Å²) in [5.41, 5.74) is -4.03. The maximum atomic E-state index is 12.6. The number of nitrogens with one attached hydrogen (secondary N) is 1. The first kappa shape index (κ1) is 18.2. The Morgan fingerprint density at radius 2 is 1.80 bits per heavy atom. The Labute approximate surface area is 142 Å². The van der Waals surface area contributed by atoms with Crippen LogP contribution in [-0.2, 0) is 14.3 Å². The van der Waals surface area contributed by atoms with Gasteiger partial charge in [-0.1, -0.05) is 0 Å². The molecule has 4 aliphatic rings. The van der Waals surface area contributed by atoms with Gasteiger partial charge in [-0.25, -0.2) is 4.79 Å². The molecule has 0 aromatic heterocycles. The van der Waals surface area contributed by atoms with Gasteiger partial charge in [0.25, 0.3) is 0 Å². The van der Waals surface area contributed by atoms with E-state index in [0.29, 0.717) is 0 Å². The number of amides is 2. The third kappa shape index (κ3) is 2.75. The lowest BCUT2D eigenvalue weighted by Gasteiger charge is -2.55. The fourth-order valence-electron chi connectivity index (χ4n) is 3.98. The van der Waals surface area contributed by atoms with Crippen molar-refractivity contribution in [3.63, 3.8) is 0 Å². The van der Waals surface area contributed by atoms with Crippen molar-refractivity contribution in [2.45, 2.75) is 62.1 Å². The lowest BCUT2D eigenvalue weighted by molar-refractivity contribution is -0.180. The number of ether oxygens (including phenoxy) is 2. The van der Waals surface area contributed by atoms with Crippen molar-refractivity contribution in [3.8, 4) is 0 Å². The van der Waals surface area contributed by atoms with Crippen molar-refractivity contribution in [2.75, 3.05) is 19.7 Å². The molecule has 2 amide bonds. The predicted molar refractivity (Wildman–Crippen MR) is 77.6 cm³/mol. The Morgan fingerprint density at radius 1 is 1.24 bits per heavy atom. The molecule has 4 fully saturated rings. The lowest BCUT2D eigenvalue weighted by Crippen LogP contribution is -2.77. The van der Waals surface area contributed by atoms with Gasteiger partial charge in [0.15, 0.2) is 0 Å². The van der Waals surface area contributed by atoms with Gasteiger partial charge in [0.2, 0.25) is 0 Å². The summed E-state index contributed by atoms with van der Waals surface area (Å²) in [4.78, 5) is 24.8. The highest BCUT2D eigenvalue weighted by Gasteiger charge is 2.79. The van der Waals surface area contributed by atoms with Crippen LogP contribution in [0.15, 0.2) is 0 Å². The van der Waals surface area contributed by atoms with E-state index >= 15 is 0 Å². The van der Waals surface area contributed by atoms with Crippen molar-refractivity contribution in [1.29, 1.82) is 0 Å². The molecular weight excluding hydrogens is 345 g/mol. The third-order valence-electron chi connectivity index (χ3n) is 4.97. The van der Waals surface area contributed by atoms with E-state index in [1.54, 1.807) is 20.8 Å². The maximum Gasteiger partial charge on any atom is 0.471 e. The van der Waals surface area contributed by atoms with Crippen molar-refractivity contribution >= 4 is 12.0 Å². The monoisotopic (exact) mass is 366 g/mol. The van der Waals surface area contributed by atoms with E-state index in [4.69, 9.17) is 9.47 Å². The van der Waals surface area contributed by atoms with E-state index in [1.165, 1.54) is 4.90 Å². The van der Waals surface area contributed by atoms with Crippen LogP contribution in [0.1, 0.15) is 33.6 Å². The average molecular weight is 366 g/mol. The van der Waals surface area contributed by atoms with Crippen LogP contribution in [0.4, 0.5) is 18.0 Å². The summed E-state index contributed by atoms with van der Waals surface area (Å²) in [7, 11) is 0. The predicted octanol–water partition coefficient (Wildman–Crippen LogP) is 0.948. The Bertz CT molecular complexity index is 601. The standard InChI is InChI=1S/C15H21F3N2O5/c1-11(2,3)24-10(23)20-6-14(7-20)13(19-9(22)15(16,17)18)4-12(5-13,8-21)25-14/h21H,4-8H2,1-3H3,(H,19,22). The smallest absolute Gasteiger partial charge is 0.444 e. The number of hydrogen-bond donors (Lipinski definition) is 2. The molecular formula is C15H21F3N2O5. The molecule has 10 heteroatoms. The zero-order chi connectivity index (χ0) is 18.9. The summed E-state index contributed by atoms with van der Waals surface area (Å²) in [6.07, 6.45) is -5.44. The lowest BCUT2D eigenvalue weighted by atomic mass is 9.60. The highest BCUT2D eigenvalue weighted by molar-refractivity contribution is 5.83. The SMILES string of the molecule is CC(C)(C)OC(=O)N1CC2(C1)OC1(CO)CC2(NC(=O)C(F)(F)F)C1. The second-order valence-corrected chi connectivity index (χ2v) is 8.16. The molecule has 7 nitrogen and oxygen atoms in total. The number of alkyl halides is 3. The third-order valence-corrected chi connectivity index (χ3v) is 4.97. The van der Waals surface area contributed by atoms with Crippen molar-refractivity contribution in [2.24, 2.45) is 0 Å². The van der Waals surface area contributed by atoms with Gasteiger partial charge in [0.1, 0.15) is 11.2 Å². The summed E-state index contributed by atoms with van der Waals surface area (Å²) in [6, 6.07) is 0. The van der Waals surface area contributed by atoms with Gasteiger partial charge in [-0.05, 0) is 20.8 Å². The maximum absolute atomic E-state index is 12.6.